The fraction of sp³-hybridized carbons (Fsp3) is 0.550. The van der Waals surface area contributed by atoms with Crippen LogP contribution in [0.25, 0.3) is 0 Å². The van der Waals surface area contributed by atoms with Crippen molar-refractivity contribution in [1.82, 2.24) is 0 Å². The SMILES string of the molecule is COC(=O)[C@H]1OC=C[C@@H](OCc2ccccc2)[C@@H]1O[Si](C)(C)C(C)(C)C. The molecule has 5 nitrogen and oxygen atoms in total. The van der Waals surface area contributed by atoms with E-state index in [2.05, 4.69) is 33.9 Å². The van der Waals surface area contributed by atoms with Crippen LogP contribution in [0.1, 0.15) is 26.3 Å². The molecule has 0 radical (unpaired) electrons. The Morgan fingerprint density at radius 3 is 2.42 bits per heavy atom. The van der Waals surface area contributed by atoms with Gasteiger partial charge in [-0.25, -0.2) is 4.79 Å². The van der Waals surface area contributed by atoms with Gasteiger partial charge in [0.05, 0.1) is 20.0 Å². The molecule has 3 atom stereocenters. The second kappa shape index (κ2) is 8.37. The molecule has 0 bridgehead atoms. The van der Waals surface area contributed by atoms with E-state index in [1.165, 1.54) is 13.4 Å². The Balaban J connectivity index is 2.21. The zero-order valence-corrected chi connectivity index (χ0v) is 17.5. The van der Waals surface area contributed by atoms with Crippen LogP contribution in [0.4, 0.5) is 0 Å². The van der Waals surface area contributed by atoms with Crippen molar-refractivity contribution in [2.45, 2.75) is 63.8 Å². The molecule has 0 aromatic heterocycles. The molecule has 0 aliphatic carbocycles. The van der Waals surface area contributed by atoms with Gasteiger partial charge >= 0.3 is 5.97 Å². The van der Waals surface area contributed by atoms with E-state index < -0.39 is 26.5 Å². The van der Waals surface area contributed by atoms with Crippen molar-refractivity contribution >= 4 is 14.3 Å². The Morgan fingerprint density at radius 2 is 1.85 bits per heavy atom. The van der Waals surface area contributed by atoms with Gasteiger partial charge in [0.1, 0.15) is 12.2 Å². The maximum atomic E-state index is 12.2. The van der Waals surface area contributed by atoms with Crippen LogP contribution >= 0.6 is 0 Å². The van der Waals surface area contributed by atoms with Gasteiger partial charge in [0, 0.05) is 0 Å². The summed E-state index contributed by atoms with van der Waals surface area (Å²) in [7, 11) is -0.790. The Hall–Kier alpha value is -1.63. The molecule has 0 spiro atoms. The molecule has 1 heterocycles. The van der Waals surface area contributed by atoms with E-state index in [0.29, 0.717) is 6.61 Å². The molecule has 1 aromatic carbocycles. The standard InChI is InChI=1S/C20H30O5Si/c1-20(2,3)26(5,6)25-17-16(12-13-23-18(17)19(21)22-4)24-14-15-10-8-7-9-11-15/h7-13,16-18H,14H2,1-6H3/t16-,17+,18+/m1/s1. The summed E-state index contributed by atoms with van der Waals surface area (Å²) in [6.45, 7) is 11.2. The normalized spacial score (nSPS) is 23.4. The van der Waals surface area contributed by atoms with Crippen LogP contribution in [0, 0.1) is 0 Å². The van der Waals surface area contributed by atoms with Gasteiger partial charge in [-0.2, -0.15) is 0 Å². The topological polar surface area (TPSA) is 54.0 Å². The molecule has 1 aliphatic heterocycles. The number of carbonyl (C=O) groups excluding carboxylic acids is 1. The van der Waals surface area contributed by atoms with Crippen LogP contribution in [0.15, 0.2) is 42.7 Å². The van der Waals surface area contributed by atoms with Gasteiger partial charge in [0.25, 0.3) is 0 Å². The Morgan fingerprint density at radius 1 is 1.19 bits per heavy atom. The largest absolute Gasteiger partial charge is 0.484 e. The number of ether oxygens (including phenoxy) is 3. The van der Waals surface area contributed by atoms with Crippen LogP contribution in [0.2, 0.25) is 18.1 Å². The fourth-order valence-electron chi connectivity index (χ4n) is 2.44. The fourth-order valence-corrected chi connectivity index (χ4v) is 3.73. The Kier molecular flexibility index (Phi) is 6.66. The minimum Gasteiger partial charge on any atom is -0.484 e. The van der Waals surface area contributed by atoms with Crippen molar-refractivity contribution in [3.63, 3.8) is 0 Å². The average Bonchev–Trinajstić information content (AvgIpc) is 2.59. The summed E-state index contributed by atoms with van der Waals surface area (Å²) in [6.07, 6.45) is 1.54. The minimum absolute atomic E-state index is 0.00118. The first-order chi connectivity index (χ1) is 12.2. The zero-order valence-electron chi connectivity index (χ0n) is 16.5. The molecule has 26 heavy (non-hydrogen) atoms. The van der Waals surface area contributed by atoms with E-state index in [1.807, 2.05) is 30.3 Å². The van der Waals surface area contributed by atoms with Crippen LogP contribution in [-0.4, -0.2) is 39.7 Å². The van der Waals surface area contributed by atoms with E-state index in [9.17, 15) is 4.79 Å². The van der Waals surface area contributed by atoms with Crippen molar-refractivity contribution in [3.05, 3.63) is 48.2 Å². The lowest BCUT2D eigenvalue weighted by Gasteiger charge is -2.43. The number of hydrogen-bond acceptors (Lipinski definition) is 5. The molecule has 0 saturated carbocycles. The molecule has 1 aromatic rings. The van der Waals surface area contributed by atoms with Crippen LogP contribution in [-0.2, 0) is 30.0 Å². The van der Waals surface area contributed by atoms with Crippen molar-refractivity contribution < 1.29 is 23.4 Å². The molecular weight excluding hydrogens is 348 g/mol. The molecule has 0 amide bonds. The predicted octanol–water partition coefficient (Wildman–Crippen LogP) is 4.05. The van der Waals surface area contributed by atoms with Crippen LogP contribution in [0.3, 0.4) is 0 Å². The van der Waals surface area contributed by atoms with Crippen LogP contribution < -0.4 is 0 Å². The first-order valence-corrected chi connectivity index (χ1v) is 11.8. The summed E-state index contributed by atoms with van der Waals surface area (Å²) < 4.78 is 23.1. The van der Waals surface area contributed by atoms with Gasteiger partial charge in [-0.3, -0.25) is 0 Å². The number of esters is 1. The molecule has 1 aliphatic rings. The molecule has 144 valence electrons. The Labute approximate surface area is 157 Å². The van der Waals surface area contributed by atoms with Crippen molar-refractivity contribution in [1.29, 1.82) is 0 Å². The third kappa shape index (κ3) is 4.96. The third-order valence-corrected chi connectivity index (χ3v) is 9.55. The summed E-state index contributed by atoms with van der Waals surface area (Å²) in [5.74, 6) is -0.452. The predicted molar refractivity (Wildman–Crippen MR) is 103 cm³/mol. The number of carbonyl (C=O) groups is 1. The highest BCUT2D eigenvalue weighted by Gasteiger charge is 2.47. The molecule has 2 rings (SSSR count). The number of rotatable bonds is 6. The van der Waals surface area contributed by atoms with Crippen LogP contribution in [0.5, 0.6) is 0 Å². The highest BCUT2D eigenvalue weighted by Crippen LogP contribution is 2.39. The van der Waals surface area contributed by atoms with E-state index in [0.717, 1.165) is 5.56 Å². The average molecular weight is 379 g/mol. The number of methoxy groups -OCH3 is 1. The summed E-state index contributed by atoms with van der Waals surface area (Å²) in [5.41, 5.74) is 1.06. The van der Waals surface area contributed by atoms with E-state index in [-0.39, 0.29) is 11.1 Å². The maximum Gasteiger partial charge on any atom is 0.349 e. The molecule has 0 saturated heterocycles. The van der Waals surface area contributed by atoms with Crippen molar-refractivity contribution in [2.24, 2.45) is 0 Å². The zero-order chi connectivity index (χ0) is 19.4. The first kappa shape index (κ1) is 20.7. The van der Waals surface area contributed by atoms with Gasteiger partial charge in [0.15, 0.2) is 8.32 Å². The third-order valence-electron chi connectivity index (χ3n) is 5.07. The number of hydrogen-bond donors (Lipinski definition) is 0. The molecule has 0 unspecified atom stereocenters. The molecule has 0 fully saturated rings. The second-order valence-electron chi connectivity index (χ2n) is 8.01. The van der Waals surface area contributed by atoms with Crippen molar-refractivity contribution in [2.75, 3.05) is 7.11 Å². The maximum absolute atomic E-state index is 12.2. The molecule has 6 heteroatoms. The summed E-state index contributed by atoms with van der Waals surface area (Å²) in [4.78, 5) is 12.2. The van der Waals surface area contributed by atoms with Gasteiger partial charge in [-0.15, -0.1) is 0 Å². The summed E-state index contributed by atoms with van der Waals surface area (Å²) in [6, 6.07) is 9.92. The van der Waals surface area contributed by atoms with E-state index in [4.69, 9.17) is 18.6 Å². The quantitative estimate of drug-likeness (QED) is 0.552. The van der Waals surface area contributed by atoms with Crippen molar-refractivity contribution in [3.8, 4) is 0 Å². The van der Waals surface area contributed by atoms with Gasteiger partial charge in [-0.1, -0.05) is 51.1 Å². The van der Waals surface area contributed by atoms with Gasteiger partial charge in [0.2, 0.25) is 6.10 Å². The highest BCUT2D eigenvalue weighted by molar-refractivity contribution is 6.74. The second-order valence-corrected chi connectivity index (χ2v) is 12.8. The summed E-state index contributed by atoms with van der Waals surface area (Å²) in [5, 5.41) is -0.00118. The summed E-state index contributed by atoms with van der Waals surface area (Å²) >= 11 is 0. The Bertz CT molecular complexity index is 621. The highest BCUT2D eigenvalue weighted by atomic mass is 28.4. The van der Waals surface area contributed by atoms with Gasteiger partial charge in [-0.05, 0) is 29.8 Å². The number of benzene rings is 1. The first-order valence-electron chi connectivity index (χ1n) is 8.89. The minimum atomic E-state index is -2.14. The van der Waals surface area contributed by atoms with Gasteiger partial charge < -0.3 is 18.6 Å². The van der Waals surface area contributed by atoms with E-state index >= 15 is 0 Å². The lowest BCUT2D eigenvalue weighted by Crippen LogP contribution is -2.55. The monoisotopic (exact) mass is 378 g/mol. The lowest BCUT2D eigenvalue weighted by atomic mass is 10.1. The lowest BCUT2D eigenvalue weighted by molar-refractivity contribution is -0.164. The molecule has 0 N–H and O–H groups in total. The smallest absolute Gasteiger partial charge is 0.349 e. The van der Waals surface area contributed by atoms with E-state index in [1.54, 1.807) is 6.08 Å². The molecular formula is C20H30O5Si.